The maximum absolute atomic E-state index is 11.9. The van der Waals surface area contributed by atoms with Crippen molar-refractivity contribution in [3.05, 3.63) is 60.7 Å². The van der Waals surface area contributed by atoms with Crippen molar-refractivity contribution >= 4 is 24.8 Å². The van der Waals surface area contributed by atoms with Crippen LogP contribution in [-0.2, 0) is 9.16 Å². The van der Waals surface area contributed by atoms with Crippen LogP contribution in [0.3, 0.4) is 0 Å². The number of benzene rings is 2. The molecule has 0 unspecified atom stereocenters. The van der Waals surface area contributed by atoms with Gasteiger partial charge in [0.25, 0.3) is 8.32 Å². The highest BCUT2D eigenvalue weighted by atomic mass is 28.4. The van der Waals surface area contributed by atoms with Gasteiger partial charge in [0.05, 0.1) is 31.4 Å². The smallest absolute Gasteiger partial charge is 0.407 e. The Balaban J connectivity index is 1.97. The van der Waals surface area contributed by atoms with Crippen molar-refractivity contribution in [2.24, 2.45) is 0 Å². The Morgan fingerprint density at radius 2 is 1.58 bits per heavy atom. The first-order chi connectivity index (χ1) is 14.6. The fraction of sp³-hybridized carbons (Fsp3) is 0.480. The molecule has 2 aromatic rings. The average molecular weight is 442 g/mol. The van der Waals surface area contributed by atoms with Gasteiger partial charge < -0.3 is 19.2 Å². The molecule has 1 saturated heterocycles. The van der Waals surface area contributed by atoms with E-state index >= 15 is 0 Å². The molecule has 1 amide bonds. The number of hydrogen-bond donors (Lipinski definition) is 1. The fourth-order valence-corrected chi connectivity index (χ4v) is 9.33. The molecule has 2 aromatic carbocycles. The summed E-state index contributed by atoms with van der Waals surface area (Å²) in [6, 6.07) is 20.7. The molecular formula is C25H35NO4Si. The van der Waals surface area contributed by atoms with Crippen molar-refractivity contribution < 1.29 is 19.1 Å². The van der Waals surface area contributed by atoms with E-state index in [2.05, 4.69) is 69.3 Å². The van der Waals surface area contributed by atoms with E-state index < -0.39 is 14.4 Å². The van der Waals surface area contributed by atoms with Crippen LogP contribution in [0, 0.1) is 0 Å². The Morgan fingerprint density at radius 3 is 2.00 bits per heavy atom. The van der Waals surface area contributed by atoms with Gasteiger partial charge in [-0.25, -0.2) is 4.79 Å². The predicted molar refractivity (Wildman–Crippen MR) is 127 cm³/mol. The average Bonchev–Trinajstić information content (AvgIpc) is 3.11. The standard InChI is InChI=1S/C25H35NO4Si/c1-19(2)30-21-16-20(26(17-21)24(27)28)18-29-31(25(3,4)5,22-12-8-6-9-13-22)23-14-10-7-11-15-23/h6-15,19-21H,16-18H2,1-5H3,(H,27,28)/t20-,21+/m0/s1. The summed E-state index contributed by atoms with van der Waals surface area (Å²) in [5.41, 5.74) is 0. The zero-order chi connectivity index (χ0) is 22.6. The quantitative estimate of drug-likeness (QED) is 0.657. The van der Waals surface area contributed by atoms with Gasteiger partial charge in [-0.05, 0) is 35.7 Å². The Bertz CT molecular complexity index is 811. The lowest BCUT2D eigenvalue weighted by Crippen LogP contribution is -2.67. The van der Waals surface area contributed by atoms with Crippen LogP contribution in [0.15, 0.2) is 60.7 Å². The molecule has 0 aliphatic carbocycles. The molecule has 1 aliphatic rings. The number of likely N-dealkylation sites (tertiary alicyclic amines) is 1. The Kier molecular flexibility index (Phi) is 7.24. The summed E-state index contributed by atoms with van der Waals surface area (Å²) in [5, 5.41) is 12.0. The normalized spacial score (nSPS) is 19.7. The van der Waals surface area contributed by atoms with Crippen molar-refractivity contribution in [2.45, 2.75) is 64.3 Å². The summed E-state index contributed by atoms with van der Waals surface area (Å²) in [6.45, 7) is 11.4. The summed E-state index contributed by atoms with van der Waals surface area (Å²) in [4.78, 5) is 13.4. The van der Waals surface area contributed by atoms with Gasteiger partial charge in [0.15, 0.2) is 0 Å². The Labute approximate surface area is 187 Å². The monoisotopic (exact) mass is 441 g/mol. The van der Waals surface area contributed by atoms with Crippen molar-refractivity contribution in [3.63, 3.8) is 0 Å². The van der Waals surface area contributed by atoms with E-state index in [1.165, 1.54) is 15.3 Å². The van der Waals surface area contributed by atoms with Gasteiger partial charge in [-0.3, -0.25) is 0 Å². The number of ether oxygens (including phenoxy) is 1. The maximum Gasteiger partial charge on any atom is 0.407 e. The number of rotatable bonds is 7. The molecule has 1 aliphatic heterocycles. The minimum atomic E-state index is -2.70. The first-order valence-electron chi connectivity index (χ1n) is 11.0. The third kappa shape index (κ3) is 5.02. The van der Waals surface area contributed by atoms with Gasteiger partial charge in [0.2, 0.25) is 0 Å². The number of hydrogen-bond acceptors (Lipinski definition) is 3. The summed E-state index contributed by atoms with van der Waals surface area (Å²) in [5.74, 6) is 0. The topological polar surface area (TPSA) is 59.0 Å². The lowest BCUT2D eigenvalue weighted by molar-refractivity contribution is 0.0142. The molecule has 0 saturated carbocycles. The van der Waals surface area contributed by atoms with E-state index in [4.69, 9.17) is 9.16 Å². The van der Waals surface area contributed by atoms with Gasteiger partial charge in [-0.2, -0.15) is 0 Å². The van der Waals surface area contributed by atoms with Crippen LogP contribution in [0.4, 0.5) is 4.79 Å². The number of carboxylic acid groups (broad SMARTS) is 1. The summed E-state index contributed by atoms with van der Waals surface area (Å²) < 4.78 is 12.9. The SMILES string of the molecule is CC(C)O[C@@H]1C[C@@H](CO[Si](c2ccccc2)(c2ccccc2)C(C)(C)C)N(C(=O)O)C1. The fourth-order valence-electron chi connectivity index (χ4n) is 4.73. The van der Waals surface area contributed by atoms with E-state index in [0.717, 1.165) is 0 Å². The van der Waals surface area contributed by atoms with E-state index in [1.807, 2.05) is 26.0 Å². The Morgan fingerprint density at radius 1 is 1.06 bits per heavy atom. The van der Waals surface area contributed by atoms with Gasteiger partial charge >= 0.3 is 6.09 Å². The summed E-state index contributed by atoms with van der Waals surface area (Å²) >= 11 is 0. The highest BCUT2D eigenvalue weighted by Crippen LogP contribution is 2.37. The van der Waals surface area contributed by atoms with Gasteiger partial charge in [-0.1, -0.05) is 81.4 Å². The molecule has 6 heteroatoms. The zero-order valence-electron chi connectivity index (χ0n) is 19.2. The van der Waals surface area contributed by atoms with Crippen LogP contribution in [0.5, 0.6) is 0 Å². The molecule has 5 nitrogen and oxygen atoms in total. The molecule has 168 valence electrons. The highest BCUT2D eigenvalue weighted by Gasteiger charge is 2.51. The first-order valence-corrected chi connectivity index (χ1v) is 13.0. The van der Waals surface area contributed by atoms with Gasteiger partial charge in [0.1, 0.15) is 0 Å². The molecular weight excluding hydrogens is 406 g/mol. The largest absolute Gasteiger partial charge is 0.465 e. The second-order valence-electron chi connectivity index (χ2n) is 9.61. The van der Waals surface area contributed by atoms with Crippen LogP contribution in [-0.4, -0.2) is 55.8 Å². The van der Waals surface area contributed by atoms with Crippen molar-refractivity contribution in [3.8, 4) is 0 Å². The van der Waals surface area contributed by atoms with Gasteiger partial charge in [0, 0.05) is 0 Å². The van der Waals surface area contributed by atoms with Crippen molar-refractivity contribution in [1.82, 2.24) is 4.90 Å². The zero-order valence-corrected chi connectivity index (χ0v) is 20.2. The molecule has 2 atom stereocenters. The lowest BCUT2D eigenvalue weighted by atomic mass is 10.2. The van der Waals surface area contributed by atoms with Crippen LogP contribution < -0.4 is 10.4 Å². The summed E-state index contributed by atoms with van der Waals surface area (Å²) in [6.07, 6.45) is -0.283. The van der Waals surface area contributed by atoms with Crippen LogP contribution in [0.25, 0.3) is 0 Å². The minimum absolute atomic E-state index is 0.0667. The van der Waals surface area contributed by atoms with E-state index in [1.54, 1.807) is 0 Å². The second kappa shape index (κ2) is 9.55. The number of amides is 1. The molecule has 0 bridgehead atoms. The predicted octanol–water partition coefficient (Wildman–Crippen LogP) is 4.11. The van der Waals surface area contributed by atoms with Crippen molar-refractivity contribution in [2.75, 3.05) is 13.2 Å². The molecule has 1 fully saturated rings. The third-order valence-electron chi connectivity index (χ3n) is 6.00. The second-order valence-corrected chi connectivity index (χ2v) is 13.9. The van der Waals surface area contributed by atoms with E-state index in [9.17, 15) is 9.90 Å². The summed E-state index contributed by atoms with van der Waals surface area (Å²) in [7, 11) is -2.70. The molecule has 0 aromatic heterocycles. The number of nitrogens with zero attached hydrogens (tertiary/aromatic N) is 1. The molecule has 0 spiro atoms. The highest BCUT2D eigenvalue weighted by molar-refractivity contribution is 6.99. The third-order valence-corrected chi connectivity index (χ3v) is 11.0. The minimum Gasteiger partial charge on any atom is -0.465 e. The van der Waals surface area contributed by atoms with E-state index in [-0.39, 0.29) is 23.3 Å². The van der Waals surface area contributed by atoms with Gasteiger partial charge in [-0.15, -0.1) is 0 Å². The molecule has 3 rings (SSSR count). The van der Waals surface area contributed by atoms with Crippen molar-refractivity contribution in [1.29, 1.82) is 0 Å². The van der Waals surface area contributed by atoms with Crippen LogP contribution in [0.1, 0.15) is 41.0 Å². The molecule has 1 N–H and O–H groups in total. The van der Waals surface area contributed by atoms with Crippen LogP contribution in [0.2, 0.25) is 5.04 Å². The maximum atomic E-state index is 11.9. The number of carbonyl (C=O) groups is 1. The molecule has 1 heterocycles. The van der Waals surface area contributed by atoms with Crippen LogP contribution >= 0.6 is 0 Å². The molecule has 0 radical (unpaired) electrons. The lowest BCUT2D eigenvalue weighted by Gasteiger charge is -2.43. The Hall–Kier alpha value is -2.15. The van der Waals surface area contributed by atoms with E-state index in [0.29, 0.717) is 19.6 Å². The first kappa shape index (κ1) is 23.5. The molecule has 31 heavy (non-hydrogen) atoms.